The second-order valence-electron chi connectivity index (χ2n) is 6.18. The Morgan fingerprint density at radius 2 is 2.00 bits per heavy atom. The quantitative estimate of drug-likeness (QED) is 0.886. The summed E-state index contributed by atoms with van der Waals surface area (Å²) in [5.41, 5.74) is 2.16. The van der Waals surface area contributed by atoms with Crippen molar-refractivity contribution in [3.8, 4) is 0 Å². The average Bonchev–Trinajstić information content (AvgIpc) is 2.84. The molecule has 2 N–H and O–H groups in total. The van der Waals surface area contributed by atoms with Crippen molar-refractivity contribution in [2.24, 2.45) is 0 Å². The summed E-state index contributed by atoms with van der Waals surface area (Å²) in [7, 11) is 0. The Bertz CT molecular complexity index is 520. The first kappa shape index (κ1) is 13.6. The minimum absolute atomic E-state index is 0.352. The third-order valence-electron chi connectivity index (χ3n) is 4.60. The summed E-state index contributed by atoms with van der Waals surface area (Å²) in [6, 6.07) is 5.39. The van der Waals surface area contributed by atoms with E-state index in [1.54, 1.807) is 12.1 Å². The first-order chi connectivity index (χ1) is 9.56. The number of nitrogens with zero attached hydrogens (tertiary/aromatic N) is 1. The van der Waals surface area contributed by atoms with Crippen LogP contribution >= 0.6 is 0 Å². The van der Waals surface area contributed by atoms with E-state index in [0.29, 0.717) is 12.1 Å². The summed E-state index contributed by atoms with van der Waals surface area (Å²) in [5, 5.41) is 19.6. The molecule has 0 bridgehead atoms. The van der Waals surface area contributed by atoms with Gasteiger partial charge in [-0.15, -0.1) is 0 Å². The van der Waals surface area contributed by atoms with Crippen LogP contribution in [0.2, 0.25) is 0 Å². The lowest BCUT2D eigenvalue weighted by Gasteiger charge is -2.34. The number of rotatable bonds is 3. The smallest absolute Gasteiger partial charge is 0.335 e. The predicted octanol–water partition coefficient (Wildman–Crippen LogP) is 2.05. The lowest BCUT2D eigenvalue weighted by atomic mass is 9.95. The Balaban J connectivity index is 1.73. The molecule has 4 nitrogen and oxygen atoms in total. The fraction of sp³-hybridized carbons (Fsp3) is 0.562. The van der Waals surface area contributed by atoms with E-state index >= 15 is 0 Å². The van der Waals surface area contributed by atoms with Crippen LogP contribution in [0.5, 0.6) is 0 Å². The van der Waals surface area contributed by atoms with Crippen molar-refractivity contribution >= 4 is 5.97 Å². The van der Waals surface area contributed by atoms with Crippen molar-refractivity contribution in [2.45, 2.75) is 44.2 Å². The van der Waals surface area contributed by atoms with Crippen LogP contribution in [0.1, 0.15) is 47.2 Å². The minimum Gasteiger partial charge on any atom is -0.478 e. The fourth-order valence-corrected chi connectivity index (χ4v) is 3.49. The van der Waals surface area contributed by atoms with Crippen LogP contribution in [-0.4, -0.2) is 39.8 Å². The number of hydrogen-bond acceptors (Lipinski definition) is 3. The number of fused-ring (bicyclic) bond motifs is 1. The number of carboxylic acids is 1. The van der Waals surface area contributed by atoms with Gasteiger partial charge in [0, 0.05) is 19.6 Å². The number of benzene rings is 1. The van der Waals surface area contributed by atoms with Crippen molar-refractivity contribution in [2.75, 3.05) is 13.1 Å². The van der Waals surface area contributed by atoms with Crippen molar-refractivity contribution in [3.63, 3.8) is 0 Å². The Labute approximate surface area is 119 Å². The van der Waals surface area contributed by atoms with Gasteiger partial charge in [-0.05, 0) is 42.5 Å². The second-order valence-corrected chi connectivity index (χ2v) is 6.18. The molecule has 3 rings (SSSR count). The zero-order chi connectivity index (χ0) is 14.2. The van der Waals surface area contributed by atoms with Gasteiger partial charge in [0.05, 0.1) is 11.2 Å². The molecule has 0 saturated heterocycles. The third-order valence-corrected chi connectivity index (χ3v) is 4.60. The molecule has 0 atom stereocenters. The van der Waals surface area contributed by atoms with Gasteiger partial charge in [-0.3, -0.25) is 4.90 Å². The molecule has 0 unspecified atom stereocenters. The molecule has 1 fully saturated rings. The highest BCUT2D eigenvalue weighted by molar-refractivity contribution is 5.87. The highest BCUT2D eigenvalue weighted by Crippen LogP contribution is 2.31. The van der Waals surface area contributed by atoms with E-state index in [4.69, 9.17) is 5.11 Å². The molecule has 0 aromatic heterocycles. The summed E-state index contributed by atoms with van der Waals surface area (Å²) in [6.45, 7) is 2.41. The molecule has 0 spiro atoms. The molecule has 0 amide bonds. The molecule has 4 heteroatoms. The lowest BCUT2D eigenvalue weighted by Crippen LogP contribution is -2.43. The van der Waals surface area contributed by atoms with Gasteiger partial charge in [0.25, 0.3) is 0 Å². The largest absolute Gasteiger partial charge is 0.478 e. The molecule has 108 valence electrons. The van der Waals surface area contributed by atoms with Gasteiger partial charge in [-0.1, -0.05) is 18.9 Å². The maximum Gasteiger partial charge on any atom is 0.335 e. The van der Waals surface area contributed by atoms with E-state index in [0.717, 1.165) is 50.8 Å². The molecule has 1 heterocycles. The Hall–Kier alpha value is -1.39. The van der Waals surface area contributed by atoms with E-state index in [9.17, 15) is 9.90 Å². The van der Waals surface area contributed by atoms with Crippen LogP contribution in [0, 0.1) is 0 Å². The standard InChI is InChI=1S/C16H21NO3/c18-15(19)13-4-3-12-5-8-17(10-14(12)9-13)11-16(20)6-1-2-7-16/h3-4,9,20H,1-2,5-8,10-11H2,(H,18,19). The second kappa shape index (κ2) is 5.19. The van der Waals surface area contributed by atoms with Crippen LogP contribution in [-0.2, 0) is 13.0 Å². The highest BCUT2D eigenvalue weighted by atomic mass is 16.4. The number of aromatic carboxylic acids is 1. The van der Waals surface area contributed by atoms with Crippen molar-refractivity contribution in [3.05, 3.63) is 34.9 Å². The predicted molar refractivity (Wildman–Crippen MR) is 75.8 cm³/mol. The van der Waals surface area contributed by atoms with Crippen molar-refractivity contribution < 1.29 is 15.0 Å². The normalized spacial score (nSPS) is 21.6. The first-order valence-corrected chi connectivity index (χ1v) is 7.36. The van der Waals surface area contributed by atoms with Gasteiger partial charge < -0.3 is 10.2 Å². The zero-order valence-corrected chi connectivity index (χ0v) is 11.6. The Kier molecular flexibility index (Phi) is 3.52. The van der Waals surface area contributed by atoms with Gasteiger partial charge in [0.2, 0.25) is 0 Å². The SMILES string of the molecule is O=C(O)c1ccc2c(c1)CN(CC1(O)CCCC1)CC2. The van der Waals surface area contributed by atoms with Crippen molar-refractivity contribution in [1.29, 1.82) is 0 Å². The molecular weight excluding hydrogens is 254 g/mol. The molecule has 20 heavy (non-hydrogen) atoms. The summed E-state index contributed by atoms with van der Waals surface area (Å²) in [4.78, 5) is 13.3. The molecule has 1 aliphatic heterocycles. The molecule has 2 aliphatic rings. The van der Waals surface area contributed by atoms with Crippen LogP contribution < -0.4 is 0 Å². The summed E-state index contributed by atoms with van der Waals surface area (Å²) >= 11 is 0. The summed E-state index contributed by atoms with van der Waals surface area (Å²) in [6.07, 6.45) is 4.95. The van der Waals surface area contributed by atoms with Crippen LogP contribution in [0.15, 0.2) is 18.2 Å². The topological polar surface area (TPSA) is 60.8 Å². The Morgan fingerprint density at radius 3 is 2.70 bits per heavy atom. The van der Waals surface area contributed by atoms with Gasteiger partial charge in [-0.25, -0.2) is 4.79 Å². The summed E-state index contributed by atoms with van der Waals surface area (Å²) < 4.78 is 0. The molecule has 1 aliphatic carbocycles. The van der Waals surface area contributed by atoms with E-state index < -0.39 is 11.6 Å². The van der Waals surface area contributed by atoms with E-state index in [1.807, 2.05) is 6.07 Å². The highest BCUT2D eigenvalue weighted by Gasteiger charge is 2.33. The lowest BCUT2D eigenvalue weighted by molar-refractivity contribution is 0.00555. The number of β-amino-alcohol motifs (C(OH)–C–C–N with tert-alkyl or cyclic N) is 1. The number of hydrogen-bond donors (Lipinski definition) is 2. The fourth-order valence-electron chi connectivity index (χ4n) is 3.49. The molecule has 1 aromatic carbocycles. The molecule has 0 radical (unpaired) electrons. The van der Waals surface area contributed by atoms with E-state index in [2.05, 4.69) is 4.90 Å². The third kappa shape index (κ3) is 2.72. The zero-order valence-electron chi connectivity index (χ0n) is 11.6. The van der Waals surface area contributed by atoms with Gasteiger partial charge in [-0.2, -0.15) is 0 Å². The summed E-state index contributed by atoms with van der Waals surface area (Å²) in [5.74, 6) is -0.876. The van der Waals surface area contributed by atoms with Crippen LogP contribution in [0.3, 0.4) is 0 Å². The average molecular weight is 275 g/mol. The van der Waals surface area contributed by atoms with E-state index in [1.165, 1.54) is 5.56 Å². The number of carbonyl (C=O) groups is 1. The van der Waals surface area contributed by atoms with Crippen LogP contribution in [0.4, 0.5) is 0 Å². The number of carboxylic acid groups (broad SMARTS) is 1. The Morgan fingerprint density at radius 1 is 1.25 bits per heavy atom. The van der Waals surface area contributed by atoms with Crippen LogP contribution in [0.25, 0.3) is 0 Å². The molecule has 1 aromatic rings. The van der Waals surface area contributed by atoms with E-state index in [-0.39, 0.29) is 0 Å². The first-order valence-electron chi connectivity index (χ1n) is 7.36. The monoisotopic (exact) mass is 275 g/mol. The maximum atomic E-state index is 11.0. The van der Waals surface area contributed by atoms with Gasteiger partial charge in [0.1, 0.15) is 0 Å². The van der Waals surface area contributed by atoms with Gasteiger partial charge in [0.15, 0.2) is 0 Å². The number of aliphatic hydroxyl groups is 1. The molecular formula is C16H21NO3. The maximum absolute atomic E-state index is 11.0. The van der Waals surface area contributed by atoms with Gasteiger partial charge >= 0.3 is 5.97 Å². The molecule has 1 saturated carbocycles. The minimum atomic E-state index is -0.876. The van der Waals surface area contributed by atoms with Crippen molar-refractivity contribution in [1.82, 2.24) is 4.90 Å².